The molecule has 10 heavy (non-hydrogen) atoms. The van der Waals surface area contributed by atoms with E-state index < -0.39 is 0 Å². The number of hydrazine groups is 1. The van der Waals surface area contributed by atoms with E-state index >= 15 is 0 Å². The lowest BCUT2D eigenvalue weighted by Crippen LogP contribution is -2.48. The first-order valence-corrected chi connectivity index (χ1v) is 4.02. The third-order valence-electron chi connectivity index (χ3n) is 2.36. The molecule has 1 atom stereocenters. The minimum absolute atomic E-state index is 0.322. The molecule has 1 rings (SSSR count). The highest BCUT2D eigenvalue weighted by atomic mass is 15.3. The van der Waals surface area contributed by atoms with Gasteiger partial charge in [0.05, 0.1) is 6.17 Å². The third kappa shape index (κ3) is 1.68. The van der Waals surface area contributed by atoms with Gasteiger partial charge in [-0.25, -0.2) is 5.43 Å². The fourth-order valence-electron chi connectivity index (χ4n) is 1.75. The van der Waals surface area contributed by atoms with Crippen LogP contribution in [0.15, 0.2) is 0 Å². The maximum atomic E-state index is 5.35. The molecular formula is C7H17N3. The van der Waals surface area contributed by atoms with Gasteiger partial charge >= 0.3 is 0 Å². The van der Waals surface area contributed by atoms with Crippen LogP contribution in [0.1, 0.15) is 25.7 Å². The van der Waals surface area contributed by atoms with Crippen molar-refractivity contribution in [3.8, 4) is 0 Å². The van der Waals surface area contributed by atoms with E-state index in [0.717, 1.165) is 5.92 Å². The predicted molar refractivity (Wildman–Crippen MR) is 42.1 cm³/mol. The summed E-state index contributed by atoms with van der Waals surface area (Å²) in [6, 6.07) is 0. The van der Waals surface area contributed by atoms with Crippen LogP contribution in [0.3, 0.4) is 0 Å². The highest BCUT2D eigenvalue weighted by Crippen LogP contribution is 2.26. The first kappa shape index (κ1) is 7.98. The molecular weight excluding hydrogens is 126 g/mol. The molecule has 3 nitrogen and oxygen atoms in total. The van der Waals surface area contributed by atoms with Crippen molar-refractivity contribution in [2.24, 2.45) is 11.8 Å². The fourth-order valence-corrected chi connectivity index (χ4v) is 1.75. The summed E-state index contributed by atoms with van der Waals surface area (Å²) in [5.74, 6) is 6.10. The summed E-state index contributed by atoms with van der Waals surface area (Å²) in [5, 5.41) is 3.16. The van der Waals surface area contributed by atoms with Crippen LogP contribution in [-0.2, 0) is 0 Å². The molecule has 4 N–H and O–H groups in total. The molecule has 0 bridgehead atoms. The second-order valence-corrected chi connectivity index (χ2v) is 2.98. The predicted octanol–water partition coefficient (Wildman–Crippen LogP) is 0.185. The van der Waals surface area contributed by atoms with Crippen molar-refractivity contribution in [2.45, 2.75) is 31.8 Å². The molecule has 1 saturated carbocycles. The lowest BCUT2D eigenvalue weighted by Gasteiger charge is -2.21. The summed E-state index contributed by atoms with van der Waals surface area (Å²) in [6.45, 7) is 0. The van der Waals surface area contributed by atoms with Crippen LogP contribution in [0.4, 0.5) is 0 Å². The lowest BCUT2D eigenvalue weighted by molar-refractivity contribution is 0.324. The average Bonchev–Trinajstić information content (AvgIpc) is 2.43. The van der Waals surface area contributed by atoms with E-state index in [1.54, 1.807) is 0 Å². The fraction of sp³-hybridized carbons (Fsp3) is 1.00. The number of nitrogens with one attached hydrogen (secondary N) is 2. The van der Waals surface area contributed by atoms with Gasteiger partial charge in [-0.2, -0.15) is 0 Å². The summed E-state index contributed by atoms with van der Waals surface area (Å²) >= 11 is 0. The van der Waals surface area contributed by atoms with E-state index in [4.69, 9.17) is 5.84 Å². The van der Waals surface area contributed by atoms with Crippen molar-refractivity contribution in [3.63, 3.8) is 0 Å². The molecule has 60 valence electrons. The first-order chi connectivity index (χ1) is 4.88. The largest absolute Gasteiger partial charge is 0.304 e. The Hall–Kier alpha value is -0.120. The summed E-state index contributed by atoms with van der Waals surface area (Å²) in [5.41, 5.74) is 2.78. The SMILES string of the molecule is CNC(NN)C1CCCC1. The van der Waals surface area contributed by atoms with Crippen molar-refractivity contribution < 1.29 is 0 Å². The van der Waals surface area contributed by atoms with Gasteiger partial charge in [0.1, 0.15) is 0 Å². The minimum atomic E-state index is 0.322. The Kier molecular flexibility index (Phi) is 3.12. The molecule has 1 aliphatic carbocycles. The van der Waals surface area contributed by atoms with Crippen molar-refractivity contribution in [2.75, 3.05) is 7.05 Å². The topological polar surface area (TPSA) is 50.1 Å². The Morgan fingerprint density at radius 3 is 2.40 bits per heavy atom. The van der Waals surface area contributed by atoms with Crippen LogP contribution in [0.25, 0.3) is 0 Å². The van der Waals surface area contributed by atoms with E-state index in [9.17, 15) is 0 Å². The molecule has 0 radical (unpaired) electrons. The molecule has 1 fully saturated rings. The zero-order valence-corrected chi connectivity index (χ0v) is 6.56. The monoisotopic (exact) mass is 143 g/mol. The van der Waals surface area contributed by atoms with Crippen molar-refractivity contribution >= 4 is 0 Å². The molecule has 0 spiro atoms. The van der Waals surface area contributed by atoms with Gasteiger partial charge < -0.3 is 5.32 Å². The second kappa shape index (κ2) is 3.91. The van der Waals surface area contributed by atoms with Crippen LogP contribution < -0.4 is 16.6 Å². The van der Waals surface area contributed by atoms with Crippen LogP contribution >= 0.6 is 0 Å². The zero-order valence-electron chi connectivity index (χ0n) is 6.56. The highest BCUT2D eigenvalue weighted by Gasteiger charge is 2.22. The van der Waals surface area contributed by atoms with Gasteiger partial charge in [0.25, 0.3) is 0 Å². The van der Waals surface area contributed by atoms with E-state index in [1.807, 2.05) is 7.05 Å². The number of nitrogens with two attached hydrogens (primary N) is 1. The number of hydrogen-bond donors (Lipinski definition) is 3. The smallest absolute Gasteiger partial charge is 0.0727 e. The Morgan fingerprint density at radius 2 is 2.00 bits per heavy atom. The van der Waals surface area contributed by atoms with Gasteiger partial charge in [-0.05, 0) is 25.8 Å². The molecule has 1 unspecified atom stereocenters. The van der Waals surface area contributed by atoms with Gasteiger partial charge in [-0.1, -0.05) is 12.8 Å². The highest BCUT2D eigenvalue weighted by molar-refractivity contribution is 4.75. The second-order valence-electron chi connectivity index (χ2n) is 2.98. The van der Waals surface area contributed by atoms with E-state index in [2.05, 4.69) is 10.7 Å². The average molecular weight is 143 g/mol. The third-order valence-corrected chi connectivity index (χ3v) is 2.36. The van der Waals surface area contributed by atoms with Gasteiger partial charge in [0.15, 0.2) is 0 Å². The molecule has 0 aromatic rings. The molecule has 0 aliphatic heterocycles. The van der Waals surface area contributed by atoms with Crippen LogP contribution in [0, 0.1) is 5.92 Å². The van der Waals surface area contributed by atoms with Crippen LogP contribution in [0.2, 0.25) is 0 Å². The Labute approximate surface area is 62.3 Å². The molecule has 3 heteroatoms. The summed E-state index contributed by atoms with van der Waals surface area (Å²) < 4.78 is 0. The summed E-state index contributed by atoms with van der Waals surface area (Å²) in [7, 11) is 1.95. The van der Waals surface area contributed by atoms with Gasteiger partial charge in [-0.15, -0.1) is 0 Å². The van der Waals surface area contributed by atoms with Crippen molar-refractivity contribution in [3.05, 3.63) is 0 Å². The quantitative estimate of drug-likeness (QED) is 0.300. The molecule has 0 heterocycles. The van der Waals surface area contributed by atoms with Crippen LogP contribution in [0.5, 0.6) is 0 Å². The molecule has 0 aromatic heterocycles. The van der Waals surface area contributed by atoms with Crippen molar-refractivity contribution in [1.82, 2.24) is 10.7 Å². The maximum Gasteiger partial charge on any atom is 0.0727 e. The molecule has 1 aliphatic rings. The summed E-state index contributed by atoms with van der Waals surface area (Å²) in [4.78, 5) is 0. The Morgan fingerprint density at radius 1 is 1.40 bits per heavy atom. The number of hydrogen-bond acceptors (Lipinski definition) is 3. The standard InChI is InChI=1S/C7H17N3/c1-9-7(10-8)6-4-2-3-5-6/h6-7,9-10H,2-5,8H2,1H3. The Balaban J connectivity index is 2.29. The van der Waals surface area contributed by atoms with Gasteiger partial charge in [0, 0.05) is 0 Å². The van der Waals surface area contributed by atoms with E-state index in [-0.39, 0.29) is 0 Å². The molecule has 0 amide bonds. The normalized spacial score (nSPS) is 23.4. The first-order valence-electron chi connectivity index (χ1n) is 4.02. The lowest BCUT2D eigenvalue weighted by atomic mass is 10.1. The molecule has 0 aromatic carbocycles. The maximum absolute atomic E-state index is 5.35. The van der Waals surface area contributed by atoms with Gasteiger partial charge in [0.2, 0.25) is 0 Å². The van der Waals surface area contributed by atoms with Crippen molar-refractivity contribution in [1.29, 1.82) is 0 Å². The number of rotatable bonds is 3. The van der Waals surface area contributed by atoms with E-state index in [1.165, 1.54) is 25.7 Å². The Bertz CT molecular complexity index is 84.9. The zero-order chi connectivity index (χ0) is 7.40. The van der Waals surface area contributed by atoms with Gasteiger partial charge in [-0.3, -0.25) is 5.84 Å². The summed E-state index contributed by atoms with van der Waals surface area (Å²) in [6.07, 6.45) is 5.68. The minimum Gasteiger partial charge on any atom is -0.304 e. The van der Waals surface area contributed by atoms with Crippen LogP contribution in [-0.4, -0.2) is 13.2 Å². The van der Waals surface area contributed by atoms with E-state index in [0.29, 0.717) is 6.17 Å². The molecule has 0 saturated heterocycles.